The lowest BCUT2D eigenvalue weighted by atomic mass is 10.1. The topological polar surface area (TPSA) is 49.4 Å². The third-order valence-corrected chi connectivity index (χ3v) is 6.05. The molecule has 1 N–H and O–H groups in total. The first kappa shape index (κ1) is 20.3. The fourth-order valence-corrected chi connectivity index (χ4v) is 4.19. The second-order valence-corrected chi connectivity index (χ2v) is 8.19. The van der Waals surface area contributed by atoms with Gasteiger partial charge in [0.25, 0.3) is 0 Å². The lowest BCUT2D eigenvalue weighted by Crippen LogP contribution is -2.36. The summed E-state index contributed by atoms with van der Waals surface area (Å²) in [6.45, 7) is 0.0276. The number of nitrogens with zero attached hydrogens (tertiary/aromatic N) is 1. The van der Waals surface area contributed by atoms with Crippen molar-refractivity contribution >= 4 is 51.8 Å². The summed E-state index contributed by atoms with van der Waals surface area (Å²) in [4.78, 5) is 28.2. The summed E-state index contributed by atoms with van der Waals surface area (Å²) in [7, 11) is 1.66. The number of thioether (sulfide) groups is 2. The van der Waals surface area contributed by atoms with E-state index in [1.54, 1.807) is 18.8 Å². The van der Waals surface area contributed by atoms with Crippen LogP contribution in [0.3, 0.4) is 0 Å². The molecule has 0 bridgehead atoms. The highest BCUT2D eigenvalue weighted by Gasteiger charge is 2.14. The molecule has 6 heteroatoms. The van der Waals surface area contributed by atoms with Crippen LogP contribution in [0.2, 0.25) is 0 Å². The van der Waals surface area contributed by atoms with E-state index >= 15 is 0 Å². The number of nitrogens with one attached hydrogen (secondary N) is 1. The van der Waals surface area contributed by atoms with Gasteiger partial charge in [-0.15, -0.1) is 23.5 Å². The predicted molar refractivity (Wildman–Crippen MR) is 119 cm³/mol. The van der Waals surface area contributed by atoms with Gasteiger partial charge in [0, 0.05) is 16.8 Å². The first-order valence-corrected chi connectivity index (χ1v) is 11.1. The monoisotopic (exact) mass is 410 g/mol. The molecule has 3 rings (SSSR count). The van der Waals surface area contributed by atoms with Crippen molar-refractivity contribution in [1.82, 2.24) is 4.90 Å². The molecule has 0 fully saturated rings. The van der Waals surface area contributed by atoms with Crippen LogP contribution in [0.1, 0.15) is 0 Å². The molecule has 0 heterocycles. The van der Waals surface area contributed by atoms with Gasteiger partial charge in [-0.1, -0.05) is 42.5 Å². The predicted octanol–water partition coefficient (Wildman–Crippen LogP) is 4.75. The quantitative estimate of drug-likeness (QED) is 0.571. The Hall–Kier alpha value is -2.44. The molecule has 0 atom stereocenters. The Morgan fingerprint density at radius 3 is 2.46 bits per heavy atom. The van der Waals surface area contributed by atoms with E-state index in [1.165, 1.54) is 22.0 Å². The Kier molecular flexibility index (Phi) is 7.01. The minimum atomic E-state index is -0.201. The van der Waals surface area contributed by atoms with Crippen LogP contribution >= 0.6 is 23.5 Å². The fourth-order valence-electron chi connectivity index (χ4n) is 2.75. The van der Waals surface area contributed by atoms with Gasteiger partial charge < -0.3 is 10.2 Å². The average molecular weight is 411 g/mol. The molecule has 0 spiro atoms. The van der Waals surface area contributed by atoms with Gasteiger partial charge in [-0.25, -0.2) is 0 Å². The molecule has 0 aliphatic heterocycles. The highest BCUT2D eigenvalue weighted by atomic mass is 32.2. The Morgan fingerprint density at radius 1 is 0.964 bits per heavy atom. The second kappa shape index (κ2) is 9.66. The zero-order valence-corrected chi connectivity index (χ0v) is 17.5. The van der Waals surface area contributed by atoms with E-state index in [0.717, 1.165) is 20.9 Å². The highest BCUT2D eigenvalue weighted by molar-refractivity contribution is 8.00. The molecule has 3 aromatic rings. The third-order valence-electron chi connectivity index (χ3n) is 4.27. The van der Waals surface area contributed by atoms with Crippen LogP contribution in [-0.2, 0) is 9.59 Å². The summed E-state index contributed by atoms with van der Waals surface area (Å²) < 4.78 is 0. The van der Waals surface area contributed by atoms with Gasteiger partial charge >= 0.3 is 0 Å². The second-order valence-electron chi connectivity index (χ2n) is 6.30. The molecule has 3 aromatic carbocycles. The van der Waals surface area contributed by atoms with Crippen LogP contribution in [0, 0.1) is 0 Å². The van der Waals surface area contributed by atoms with E-state index in [0.29, 0.717) is 5.75 Å². The van der Waals surface area contributed by atoms with Gasteiger partial charge in [0.05, 0.1) is 18.0 Å². The Bertz CT molecular complexity index is 991. The molecule has 28 heavy (non-hydrogen) atoms. The fraction of sp³-hybridized carbons (Fsp3) is 0.182. The molecular weight excluding hydrogens is 388 g/mol. The summed E-state index contributed by atoms with van der Waals surface area (Å²) in [5.41, 5.74) is 0.770. The largest absolute Gasteiger partial charge is 0.336 e. The maximum atomic E-state index is 12.4. The van der Waals surface area contributed by atoms with Crippen LogP contribution in [0.4, 0.5) is 5.69 Å². The van der Waals surface area contributed by atoms with Crippen LogP contribution in [0.5, 0.6) is 0 Å². The van der Waals surface area contributed by atoms with Gasteiger partial charge in [0.1, 0.15) is 0 Å². The minimum Gasteiger partial charge on any atom is -0.336 e. The standard InChI is InChI=1S/C22H22N2O2S2/c1-24(14-21(25)23-19-9-5-6-10-20(19)27-2)22(26)15-28-18-12-11-16-7-3-4-8-17(16)13-18/h3-13H,14-15H2,1-2H3,(H,23,25). The summed E-state index contributed by atoms with van der Waals surface area (Å²) in [6, 6.07) is 21.9. The van der Waals surface area contributed by atoms with Gasteiger partial charge in [0.15, 0.2) is 0 Å². The van der Waals surface area contributed by atoms with Crippen LogP contribution in [-0.4, -0.2) is 42.3 Å². The first-order valence-electron chi connectivity index (χ1n) is 8.85. The Labute approximate surface area is 173 Å². The van der Waals surface area contributed by atoms with E-state index in [-0.39, 0.29) is 18.4 Å². The molecule has 0 radical (unpaired) electrons. The van der Waals surface area contributed by atoms with Crippen molar-refractivity contribution in [2.75, 3.05) is 30.9 Å². The number of para-hydroxylation sites is 1. The Balaban J connectivity index is 1.52. The average Bonchev–Trinajstić information content (AvgIpc) is 2.72. The van der Waals surface area contributed by atoms with Crippen LogP contribution in [0.15, 0.2) is 76.5 Å². The first-order chi connectivity index (χ1) is 13.6. The molecule has 0 saturated carbocycles. The van der Waals surface area contributed by atoms with Gasteiger partial charge in [0.2, 0.25) is 11.8 Å². The number of fused-ring (bicyclic) bond motifs is 1. The number of anilines is 1. The van der Waals surface area contributed by atoms with Crippen molar-refractivity contribution in [3.8, 4) is 0 Å². The number of amides is 2. The smallest absolute Gasteiger partial charge is 0.244 e. The van der Waals surface area contributed by atoms with E-state index in [4.69, 9.17) is 0 Å². The van der Waals surface area contributed by atoms with Crippen molar-refractivity contribution in [2.24, 2.45) is 0 Å². The van der Waals surface area contributed by atoms with E-state index in [1.807, 2.05) is 48.7 Å². The lowest BCUT2D eigenvalue weighted by molar-refractivity contribution is -0.131. The number of hydrogen-bond acceptors (Lipinski definition) is 4. The SMILES string of the molecule is CSc1ccccc1NC(=O)CN(C)C(=O)CSc1ccc2ccccc2c1. The Morgan fingerprint density at radius 2 is 1.68 bits per heavy atom. The summed E-state index contributed by atoms with van der Waals surface area (Å²) >= 11 is 3.05. The molecule has 2 amide bonds. The molecule has 0 unspecified atom stereocenters. The molecule has 0 saturated heterocycles. The number of carbonyl (C=O) groups excluding carboxylic acids is 2. The zero-order chi connectivity index (χ0) is 19.9. The van der Waals surface area contributed by atoms with Crippen molar-refractivity contribution < 1.29 is 9.59 Å². The highest BCUT2D eigenvalue weighted by Crippen LogP contribution is 2.25. The lowest BCUT2D eigenvalue weighted by Gasteiger charge is -2.17. The number of carbonyl (C=O) groups is 2. The van der Waals surface area contributed by atoms with Crippen molar-refractivity contribution in [2.45, 2.75) is 9.79 Å². The molecule has 144 valence electrons. The molecule has 0 aromatic heterocycles. The minimum absolute atomic E-state index is 0.0276. The molecule has 4 nitrogen and oxygen atoms in total. The summed E-state index contributed by atoms with van der Waals surface area (Å²) in [6.07, 6.45) is 1.96. The van der Waals surface area contributed by atoms with Crippen molar-refractivity contribution in [1.29, 1.82) is 0 Å². The van der Waals surface area contributed by atoms with Crippen LogP contribution in [0.25, 0.3) is 10.8 Å². The number of likely N-dealkylation sites (N-methyl/N-ethyl adjacent to an activating group) is 1. The number of rotatable bonds is 7. The summed E-state index contributed by atoms with van der Waals surface area (Å²) in [5.74, 6) is 0.0169. The third kappa shape index (κ3) is 5.30. The van der Waals surface area contributed by atoms with Gasteiger partial charge in [-0.05, 0) is 41.3 Å². The normalized spacial score (nSPS) is 10.6. The van der Waals surface area contributed by atoms with E-state index in [2.05, 4.69) is 29.6 Å². The van der Waals surface area contributed by atoms with E-state index in [9.17, 15) is 9.59 Å². The van der Waals surface area contributed by atoms with Crippen molar-refractivity contribution in [3.05, 3.63) is 66.7 Å². The summed E-state index contributed by atoms with van der Waals surface area (Å²) in [5, 5.41) is 5.21. The molecule has 0 aliphatic carbocycles. The van der Waals surface area contributed by atoms with Gasteiger partial charge in [-0.2, -0.15) is 0 Å². The maximum Gasteiger partial charge on any atom is 0.244 e. The molecule has 0 aliphatic rings. The maximum absolute atomic E-state index is 12.4. The van der Waals surface area contributed by atoms with E-state index < -0.39 is 0 Å². The van der Waals surface area contributed by atoms with Crippen molar-refractivity contribution in [3.63, 3.8) is 0 Å². The zero-order valence-electron chi connectivity index (χ0n) is 15.8. The number of benzene rings is 3. The van der Waals surface area contributed by atoms with Gasteiger partial charge in [-0.3, -0.25) is 9.59 Å². The molecular formula is C22H22N2O2S2. The number of hydrogen-bond donors (Lipinski definition) is 1. The van der Waals surface area contributed by atoms with Crippen LogP contribution < -0.4 is 5.32 Å².